The van der Waals surface area contributed by atoms with Crippen LogP contribution in [0.5, 0.6) is 5.75 Å². The minimum absolute atomic E-state index is 0.436. The summed E-state index contributed by atoms with van der Waals surface area (Å²) in [5, 5.41) is 8.46. The van der Waals surface area contributed by atoms with E-state index in [1.165, 1.54) is 31.4 Å². The van der Waals surface area contributed by atoms with Gasteiger partial charge in [-0.15, -0.1) is 0 Å². The summed E-state index contributed by atoms with van der Waals surface area (Å²) in [6.07, 6.45) is 3.16. The number of aromatic amines is 2. The van der Waals surface area contributed by atoms with Crippen molar-refractivity contribution in [1.29, 1.82) is 0 Å². The van der Waals surface area contributed by atoms with Gasteiger partial charge < -0.3 is 14.6 Å². The van der Waals surface area contributed by atoms with Gasteiger partial charge in [0.25, 0.3) is 0 Å². The summed E-state index contributed by atoms with van der Waals surface area (Å²) in [6, 6.07) is 10.3. The molecule has 36 heavy (non-hydrogen) atoms. The SMILES string of the molecule is CC(Oc1ccc2[nH]nc(-c3nc4c([nH]3)CN(C3CCC(N(C)C)C3)C4)c2c1)c1cc(F)cc(F)c1. The first kappa shape index (κ1) is 23.1. The van der Waals surface area contributed by atoms with E-state index in [4.69, 9.17) is 9.72 Å². The monoisotopic (exact) mass is 492 g/mol. The van der Waals surface area contributed by atoms with Crippen molar-refractivity contribution in [1.82, 2.24) is 30.0 Å². The topological polar surface area (TPSA) is 73.1 Å². The van der Waals surface area contributed by atoms with Gasteiger partial charge in [0.05, 0.1) is 16.9 Å². The molecule has 0 saturated heterocycles. The molecule has 1 fully saturated rings. The molecule has 2 N–H and O–H groups in total. The molecule has 3 atom stereocenters. The molecule has 188 valence electrons. The average molecular weight is 493 g/mol. The van der Waals surface area contributed by atoms with Gasteiger partial charge in [0.2, 0.25) is 0 Å². The Labute approximate surface area is 208 Å². The highest BCUT2D eigenvalue weighted by molar-refractivity contribution is 5.92. The number of hydrogen-bond acceptors (Lipinski definition) is 5. The van der Waals surface area contributed by atoms with Crippen LogP contribution in [-0.2, 0) is 13.1 Å². The molecule has 3 heterocycles. The van der Waals surface area contributed by atoms with E-state index in [1.807, 2.05) is 18.2 Å². The van der Waals surface area contributed by atoms with Crippen LogP contribution in [0.3, 0.4) is 0 Å². The zero-order valence-corrected chi connectivity index (χ0v) is 20.7. The predicted octanol–water partition coefficient (Wildman–Crippen LogP) is 5.17. The van der Waals surface area contributed by atoms with E-state index >= 15 is 0 Å². The van der Waals surface area contributed by atoms with Gasteiger partial charge in [-0.05, 0) is 76.2 Å². The highest BCUT2D eigenvalue weighted by atomic mass is 19.1. The van der Waals surface area contributed by atoms with Gasteiger partial charge in [0, 0.05) is 36.6 Å². The smallest absolute Gasteiger partial charge is 0.159 e. The van der Waals surface area contributed by atoms with E-state index in [0.717, 1.165) is 53.0 Å². The highest BCUT2D eigenvalue weighted by Crippen LogP contribution is 2.35. The van der Waals surface area contributed by atoms with E-state index in [0.29, 0.717) is 23.4 Å². The number of hydrogen-bond donors (Lipinski definition) is 2. The maximum absolute atomic E-state index is 13.6. The highest BCUT2D eigenvalue weighted by Gasteiger charge is 2.35. The van der Waals surface area contributed by atoms with Crippen molar-refractivity contribution in [3.05, 3.63) is 65.0 Å². The third-order valence-corrected chi connectivity index (χ3v) is 7.63. The first-order chi connectivity index (χ1) is 17.3. The van der Waals surface area contributed by atoms with Gasteiger partial charge in [-0.25, -0.2) is 13.8 Å². The van der Waals surface area contributed by atoms with E-state index < -0.39 is 17.7 Å². The standard InChI is InChI=1S/C27H30F2N6O/c1-15(16-8-17(28)10-18(29)9-16)36-21-6-7-23-22(12-21)26(33-32-23)27-30-24-13-35(14-25(24)31-27)20-5-4-19(11-20)34(2)3/h6-10,12,15,19-20H,4-5,11,13-14H2,1-3H3,(H,30,31)(H,32,33). The quantitative estimate of drug-likeness (QED) is 0.389. The molecule has 0 bridgehead atoms. The first-order valence-corrected chi connectivity index (χ1v) is 12.4. The van der Waals surface area contributed by atoms with Crippen molar-refractivity contribution in [3.63, 3.8) is 0 Å². The molecule has 2 aromatic heterocycles. The molecule has 0 radical (unpaired) electrons. The van der Waals surface area contributed by atoms with Crippen molar-refractivity contribution < 1.29 is 13.5 Å². The Morgan fingerprint density at radius 3 is 2.61 bits per heavy atom. The van der Waals surface area contributed by atoms with Gasteiger partial charge >= 0.3 is 0 Å². The van der Waals surface area contributed by atoms with Gasteiger partial charge in [0.1, 0.15) is 29.2 Å². The van der Waals surface area contributed by atoms with Crippen LogP contribution in [0.25, 0.3) is 22.4 Å². The molecule has 1 aliphatic carbocycles. The van der Waals surface area contributed by atoms with Crippen molar-refractivity contribution in [3.8, 4) is 17.3 Å². The number of H-pyrrole nitrogens is 2. The average Bonchev–Trinajstić information content (AvgIpc) is 3.59. The van der Waals surface area contributed by atoms with Crippen molar-refractivity contribution in [2.24, 2.45) is 0 Å². The van der Waals surface area contributed by atoms with Gasteiger partial charge in [0.15, 0.2) is 5.82 Å². The van der Waals surface area contributed by atoms with Gasteiger partial charge in [-0.2, -0.15) is 5.10 Å². The largest absolute Gasteiger partial charge is 0.486 e. The number of rotatable bonds is 6. The van der Waals surface area contributed by atoms with Gasteiger partial charge in [-0.3, -0.25) is 10.00 Å². The lowest BCUT2D eigenvalue weighted by Crippen LogP contribution is -2.32. The molecule has 6 rings (SSSR count). The minimum Gasteiger partial charge on any atom is -0.486 e. The zero-order valence-electron chi connectivity index (χ0n) is 20.7. The van der Waals surface area contributed by atoms with Crippen LogP contribution in [0.15, 0.2) is 36.4 Å². The number of halogens is 2. The van der Waals surface area contributed by atoms with Crippen molar-refractivity contribution in [2.45, 2.75) is 57.5 Å². The lowest BCUT2D eigenvalue weighted by atomic mass is 10.1. The molecule has 7 nitrogen and oxygen atoms in total. The number of imidazole rings is 1. The molecule has 0 amide bonds. The molecule has 4 aromatic rings. The van der Waals surface area contributed by atoms with Crippen LogP contribution in [0, 0.1) is 11.6 Å². The van der Waals surface area contributed by atoms with Crippen LogP contribution in [0.2, 0.25) is 0 Å². The number of aromatic nitrogens is 4. The molecule has 2 aliphatic rings. The second-order valence-electron chi connectivity index (χ2n) is 10.2. The van der Waals surface area contributed by atoms with Gasteiger partial charge in [-0.1, -0.05) is 0 Å². The van der Waals surface area contributed by atoms with Crippen LogP contribution in [-0.4, -0.2) is 56.1 Å². The van der Waals surface area contributed by atoms with Crippen molar-refractivity contribution >= 4 is 10.9 Å². The summed E-state index contributed by atoms with van der Waals surface area (Å²) < 4.78 is 33.3. The third-order valence-electron chi connectivity index (χ3n) is 7.63. The second kappa shape index (κ2) is 8.97. The van der Waals surface area contributed by atoms with E-state index in [1.54, 1.807) is 6.92 Å². The Morgan fingerprint density at radius 2 is 1.89 bits per heavy atom. The zero-order chi connectivity index (χ0) is 25.0. The normalized spacial score (nSPS) is 20.9. The Hall–Kier alpha value is -3.30. The molecule has 3 unspecified atom stereocenters. The number of fused-ring (bicyclic) bond motifs is 2. The number of ether oxygens (including phenoxy) is 1. The Bertz CT molecular complexity index is 1370. The van der Waals surface area contributed by atoms with Crippen LogP contribution in [0.4, 0.5) is 8.78 Å². The van der Waals surface area contributed by atoms with Crippen molar-refractivity contribution in [2.75, 3.05) is 14.1 Å². The van der Waals surface area contributed by atoms with Crippen LogP contribution >= 0.6 is 0 Å². The van der Waals surface area contributed by atoms with E-state index in [2.05, 4.69) is 39.1 Å². The Morgan fingerprint density at radius 1 is 1.08 bits per heavy atom. The molecule has 0 spiro atoms. The minimum atomic E-state index is -0.622. The Balaban J connectivity index is 1.20. The molecule has 9 heteroatoms. The summed E-state index contributed by atoms with van der Waals surface area (Å²) in [5.74, 6) is 0.0796. The second-order valence-corrected chi connectivity index (χ2v) is 10.2. The van der Waals surface area contributed by atoms with E-state index in [9.17, 15) is 8.78 Å². The fourth-order valence-corrected chi connectivity index (χ4v) is 5.59. The maximum Gasteiger partial charge on any atom is 0.159 e. The molecular formula is C27H30F2N6O. The summed E-state index contributed by atoms with van der Waals surface area (Å²) >= 11 is 0. The van der Waals surface area contributed by atoms with Crippen LogP contribution < -0.4 is 4.74 Å². The molecule has 1 aliphatic heterocycles. The molecule has 1 saturated carbocycles. The number of benzene rings is 2. The first-order valence-electron chi connectivity index (χ1n) is 12.4. The lowest BCUT2D eigenvalue weighted by Gasteiger charge is -2.24. The molecular weight excluding hydrogens is 462 g/mol. The molecule has 2 aromatic carbocycles. The summed E-state index contributed by atoms with van der Waals surface area (Å²) in [4.78, 5) is 13.3. The fourth-order valence-electron chi connectivity index (χ4n) is 5.59. The lowest BCUT2D eigenvalue weighted by molar-refractivity contribution is 0.186. The summed E-state index contributed by atoms with van der Waals surface area (Å²) in [7, 11) is 4.33. The maximum atomic E-state index is 13.6. The summed E-state index contributed by atoms with van der Waals surface area (Å²) in [5.41, 5.74) is 4.27. The number of nitrogens with one attached hydrogen (secondary N) is 2. The Kier molecular flexibility index (Phi) is 5.76. The fraction of sp³-hybridized carbons (Fsp3) is 0.407. The van der Waals surface area contributed by atoms with E-state index in [-0.39, 0.29) is 0 Å². The number of nitrogens with zero attached hydrogens (tertiary/aromatic N) is 4. The summed E-state index contributed by atoms with van der Waals surface area (Å²) in [6.45, 7) is 3.50. The van der Waals surface area contributed by atoms with Crippen LogP contribution in [0.1, 0.15) is 49.2 Å². The third kappa shape index (κ3) is 4.26. The predicted molar refractivity (Wildman–Crippen MR) is 133 cm³/mol.